The molecule has 3 nitrogen and oxygen atoms in total. The lowest BCUT2D eigenvalue weighted by atomic mass is 9.93. The van der Waals surface area contributed by atoms with E-state index in [2.05, 4.69) is 24.8 Å². The van der Waals surface area contributed by atoms with E-state index in [1.807, 2.05) is 12.1 Å². The number of nitrogens with zero attached hydrogens (tertiary/aromatic N) is 1. The van der Waals surface area contributed by atoms with Gasteiger partial charge in [-0.25, -0.2) is 0 Å². The molecule has 0 bridgehead atoms. The monoisotopic (exact) mass is 277 g/mol. The van der Waals surface area contributed by atoms with Crippen LogP contribution in [0.2, 0.25) is 0 Å². The minimum absolute atomic E-state index is 0.455. The van der Waals surface area contributed by atoms with Gasteiger partial charge in [0, 0.05) is 18.2 Å². The predicted molar refractivity (Wildman–Crippen MR) is 82.5 cm³/mol. The van der Waals surface area contributed by atoms with Gasteiger partial charge in [-0.2, -0.15) is 0 Å². The SMILES string of the molecule is COc1ccc(OC)c([C@H]2CCCCN2CC(C)C)c1. The molecule has 1 atom stereocenters. The van der Waals surface area contributed by atoms with Crippen molar-refractivity contribution in [3.63, 3.8) is 0 Å². The largest absolute Gasteiger partial charge is 0.497 e. The highest BCUT2D eigenvalue weighted by Crippen LogP contribution is 2.38. The van der Waals surface area contributed by atoms with Crippen LogP contribution >= 0.6 is 0 Å². The number of likely N-dealkylation sites (tertiary alicyclic amines) is 1. The standard InChI is InChI=1S/C17H27NO2/c1-13(2)12-18-10-6-5-7-16(18)15-11-14(19-3)8-9-17(15)20-4/h8-9,11,13,16H,5-7,10,12H2,1-4H3/t16-/m1/s1. The molecule has 112 valence electrons. The summed E-state index contributed by atoms with van der Waals surface area (Å²) in [4.78, 5) is 2.60. The Bertz CT molecular complexity index is 431. The lowest BCUT2D eigenvalue weighted by Gasteiger charge is -2.37. The molecule has 0 N–H and O–H groups in total. The van der Waals surface area contributed by atoms with Crippen molar-refractivity contribution in [3.05, 3.63) is 23.8 Å². The summed E-state index contributed by atoms with van der Waals surface area (Å²) in [6, 6.07) is 6.59. The van der Waals surface area contributed by atoms with Crippen molar-refractivity contribution in [1.29, 1.82) is 0 Å². The topological polar surface area (TPSA) is 21.7 Å². The second-order valence-corrected chi connectivity index (χ2v) is 6.01. The van der Waals surface area contributed by atoms with E-state index in [9.17, 15) is 0 Å². The van der Waals surface area contributed by atoms with Crippen LogP contribution in [0.5, 0.6) is 11.5 Å². The van der Waals surface area contributed by atoms with Crippen molar-refractivity contribution < 1.29 is 9.47 Å². The Hall–Kier alpha value is -1.22. The molecule has 1 fully saturated rings. The fourth-order valence-electron chi connectivity index (χ4n) is 3.13. The zero-order chi connectivity index (χ0) is 14.5. The van der Waals surface area contributed by atoms with Gasteiger partial charge >= 0.3 is 0 Å². The molecule has 1 aliphatic rings. The zero-order valence-electron chi connectivity index (χ0n) is 13.2. The van der Waals surface area contributed by atoms with Crippen molar-refractivity contribution in [3.8, 4) is 11.5 Å². The summed E-state index contributed by atoms with van der Waals surface area (Å²) in [5.41, 5.74) is 1.27. The van der Waals surface area contributed by atoms with Gasteiger partial charge in [-0.1, -0.05) is 20.3 Å². The molecule has 1 aromatic rings. The predicted octanol–water partition coefficient (Wildman–Crippen LogP) is 3.89. The number of hydrogen-bond acceptors (Lipinski definition) is 3. The van der Waals surface area contributed by atoms with E-state index in [-0.39, 0.29) is 0 Å². The first-order valence-electron chi connectivity index (χ1n) is 7.61. The van der Waals surface area contributed by atoms with Gasteiger partial charge in [-0.3, -0.25) is 4.90 Å². The van der Waals surface area contributed by atoms with Gasteiger partial charge in [0.25, 0.3) is 0 Å². The molecule has 0 spiro atoms. The van der Waals surface area contributed by atoms with Crippen LogP contribution in [-0.2, 0) is 0 Å². The van der Waals surface area contributed by atoms with Crippen LogP contribution in [-0.4, -0.2) is 32.2 Å². The Morgan fingerprint density at radius 2 is 2.00 bits per heavy atom. The van der Waals surface area contributed by atoms with E-state index in [0.29, 0.717) is 12.0 Å². The fraction of sp³-hybridized carbons (Fsp3) is 0.647. The second kappa shape index (κ2) is 6.98. The van der Waals surface area contributed by atoms with Crippen molar-refractivity contribution in [1.82, 2.24) is 4.90 Å². The highest BCUT2D eigenvalue weighted by Gasteiger charge is 2.27. The molecule has 0 aliphatic carbocycles. The van der Waals surface area contributed by atoms with E-state index in [4.69, 9.17) is 9.47 Å². The summed E-state index contributed by atoms with van der Waals surface area (Å²) in [6.45, 7) is 6.90. The molecule has 0 amide bonds. The first kappa shape index (κ1) is 15.2. The molecule has 3 heteroatoms. The summed E-state index contributed by atoms with van der Waals surface area (Å²) in [5, 5.41) is 0. The molecule has 0 unspecified atom stereocenters. The van der Waals surface area contributed by atoms with Gasteiger partial charge in [-0.15, -0.1) is 0 Å². The Morgan fingerprint density at radius 1 is 1.20 bits per heavy atom. The minimum Gasteiger partial charge on any atom is -0.497 e. The molecule has 1 saturated heterocycles. The molecule has 0 radical (unpaired) electrons. The molecule has 0 saturated carbocycles. The third-order valence-electron chi connectivity index (χ3n) is 4.01. The maximum absolute atomic E-state index is 5.57. The first-order chi connectivity index (χ1) is 9.65. The molecule has 20 heavy (non-hydrogen) atoms. The van der Waals surface area contributed by atoms with Gasteiger partial charge in [0.2, 0.25) is 0 Å². The van der Waals surface area contributed by atoms with Gasteiger partial charge < -0.3 is 9.47 Å². The number of rotatable bonds is 5. The van der Waals surface area contributed by atoms with Gasteiger partial charge in [0.05, 0.1) is 14.2 Å². The van der Waals surface area contributed by atoms with Crippen LogP contribution in [0.15, 0.2) is 18.2 Å². The number of methoxy groups -OCH3 is 2. The maximum atomic E-state index is 5.57. The normalized spacial score (nSPS) is 20.1. The maximum Gasteiger partial charge on any atom is 0.123 e. The van der Waals surface area contributed by atoms with Gasteiger partial charge in [0.15, 0.2) is 0 Å². The Kier molecular flexibility index (Phi) is 5.30. The highest BCUT2D eigenvalue weighted by atomic mass is 16.5. The average molecular weight is 277 g/mol. The smallest absolute Gasteiger partial charge is 0.123 e. The first-order valence-corrected chi connectivity index (χ1v) is 7.61. The molecular weight excluding hydrogens is 250 g/mol. The van der Waals surface area contributed by atoms with Crippen molar-refractivity contribution in [2.24, 2.45) is 5.92 Å². The lowest BCUT2D eigenvalue weighted by Crippen LogP contribution is -2.36. The molecule has 0 aromatic heterocycles. The fourth-order valence-corrected chi connectivity index (χ4v) is 3.13. The Balaban J connectivity index is 2.30. The van der Waals surface area contributed by atoms with Gasteiger partial charge in [0.1, 0.15) is 11.5 Å². The van der Waals surface area contributed by atoms with Crippen LogP contribution in [0.1, 0.15) is 44.7 Å². The van der Waals surface area contributed by atoms with E-state index in [0.717, 1.165) is 18.0 Å². The molecule has 1 aromatic carbocycles. The summed E-state index contributed by atoms with van der Waals surface area (Å²) in [5.74, 6) is 2.58. The third kappa shape index (κ3) is 3.45. The van der Waals surface area contributed by atoms with Gasteiger partial charge in [-0.05, 0) is 43.5 Å². The van der Waals surface area contributed by atoms with E-state index in [1.165, 1.54) is 31.4 Å². The second-order valence-electron chi connectivity index (χ2n) is 6.01. The lowest BCUT2D eigenvalue weighted by molar-refractivity contribution is 0.130. The van der Waals surface area contributed by atoms with Crippen molar-refractivity contribution in [2.75, 3.05) is 27.3 Å². The number of hydrogen-bond donors (Lipinski definition) is 0. The van der Waals surface area contributed by atoms with Crippen LogP contribution in [0, 0.1) is 5.92 Å². The summed E-state index contributed by atoms with van der Waals surface area (Å²) in [6.07, 6.45) is 3.80. The zero-order valence-corrected chi connectivity index (χ0v) is 13.2. The quantitative estimate of drug-likeness (QED) is 0.815. The summed E-state index contributed by atoms with van der Waals surface area (Å²) in [7, 11) is 3.47. The Labute approximate surface area is 122 Å². The highest BCUT2D eigenvalue weighted by molar-refractivity contribution is 5.42. The number of ether oxygens (including phenoxy) is 2. The summed E-state index contributed by atoms with van der Waals surface area (Å²) >= 11 is 0. The average Bonchev–Trinajstić information content (AvgIpc) is 2.46. The minimum atomic E-state index is 0.455. The van der Waals surface area contributed by atoms with Crippen molar-refractivity contribution >= 4 is 0 Å². The van der Waals surface area contributed by atoms with Crippen LogP contribution in [0.3, 0.4) is 0 Å². The van der Waals surface area contributed by atoms with Crippen LogP contribution in [0.25, 0.3) is 0 Å². The molecule has 1 aliphatic heterocycles. The Morgan fingerprint density at radius 3 is 2.65 bits per heavy atom. The van der Waals surface area contributed by atoms with E-state index < -0.39 is 0 Å². The van der Waals surface area contributed by atoms with Crippen LogP contribution in [0.4, 0.5) is 0 Å². The molecule has 1 heterocycles. The number of piperidine rings is 1. The van der Waals surface area contributed by atoms with E-state index >= 15 is 0 Å². The molecular formula is C17H27NO2. The van der Waals surface area contributed by atoms with Crippen molar-refractivity contribution in [2.45, 2.75) is 39.2 Å². The summed E-state index contributed by atoms with van der Waals surface area (Å²) < 4.78 is 11.0. The molecule has 2 rings (SSSR count). The van der Waals surface area contributed by atoms with Crippen LogP contribution < -0.4 is 9.47 Å². The third-order valence-corrected chi connectivity index (χ3v) is 4.01. The number of benzene rings is 1. The van der Waals surface area contributed by atoms with E-state index in [1.54, 1.807) is 14.2 Å².